The van der Waals surface area contributed by atoms with Gasteiger partial charge in [0.1, 0.15) is 5.82 Å². The molecule has 0 fully saturated rings. The average molecular weight is 326 g/mol. The SMILES string of the molecule is CCCCCNC(=O)c1ccc(NCCCc2ccccc2)nn1. The second-order valence-electron chi connectivity index (χ2n) is 5.78. The lowest BCUT2D eigenvalue weighted by molar-refractivity contribution is 0.0947. The molecule has 2 N–H and O–H groups in total. The molecule has 0 bridgehead atoms. The number of anilines is 1. The Morgan fingerprint density at radius 2 is 1.79 bits per heavy atom. The standard InChI is InChI=1S/C19H26N4O/c1-2-3-7-14-21-19(24)17-12-13-18(23-22-17)20-15-8-11-16-9-5-4-6-10-16/h4-6,9-10,12-13H,2-3,7-8,11,14-15H2,1H3,(H,20,23)(H,21,24). The molecule has 1 heterocycles. The summed E-state index contributed by atoms with van der Waals surface area (Å²) in [4.78, 5) is 11.9. The van der Waals surface area contributed by atoms with Crippen LogP contribution in [-0.2, 0) is 6.42 Å². The molecule has 128 valence electrons. The van der Waals surface area contributed by atoms with Crippen molar-refractivity contribution < 1.29 is 4.79 Å². The quantitative estimate of drug-likeness (QED) is 0.656. The average Bonchev–Trinajstić information content (AvgIpc) is 2.63. The lowest BCUT2D eigenvalue weighted by Crippen LogP contribution is -2.25. The largest absolute Gasteiger partial charge is 0.369 e. The van der Waals surface area contributed by atoms with Gasteiger partial charge in [0, 0.05) is 13.1 Å². The first-order chi connectivity index (χ1) is 11.8. The van der Waals surface area contributed by atoms with Gasteiger partial charge in [-0.3, -0.25) is 4.79 Å². The van der Waals surface area contributed by atoms with Gasteiger partial charge in [0.05, 0.1) is 0 Å². The van der Waals surface area contributed by atoms with Crippen LogP contribution in [0.5, 0.6) is 0 Å². The molecule has 2 aromatic rings. The van der Waals surface area contributed by atoms with E-state index in [-0.39, 0.29) is 5.91 Å². The zero-order valence-corrected chi connectivity index (χ0v) is 14.3. The van der Waals surface area contributed by atoms with Crippen LogP contribution in [0, 0.1) is 0 Å². The first-order valence-electron chi connectivity index (χ1n) is 8.69. The molecule has 5 heteroatoms. The summed E-state index contributed by atoms with van der Waals surface area (Å²) >= 11 is 0. The lowest BCUT2D eigenvalue weighted by Gasteiger charge is -2.06. The molecule has 0 unspecified atom stereocenters. The number of nitrogens with one attached hydrogen (secondary N) is 2. The van der Waals surface area contributed by atoms with Crippen molar-refractivity contribution in [1.82, 2.24) is 15.5 Å². The molecule has 1 aromatic carbocycles. The van der Waals surface area contributed by atoms with Crippen LogP contribution in [0.2, 0.25) is 0 Å². The van der Waals surface area contributed by atoms with Gasteiger partial charge in [0.2, 0.25) is 0 Å². The summed E-state index contributed by atoms with van der Waals surface area (Å²) in [6.45, 7) is 3.65. The van der Waals surface area contributed by atoms with Gasteiger partial charge in [-0.05, 0) is 37.0 Å². The van der Waals surface area contributed by atoms with Crippen molar-refractivity contribution in [3.05, 3.63) is 53.7 Å². The Bertz CT molecular complexity index is 599. The van der Waals surface area contributed by atoms with Gasteiger partial charge in [-0.25, -0.2) is 0 Å². The molecule has 0 aliphatic carbocycles. The lowest BCUT2D eigenvalue weighted by atomic mass is 10.1. The van der Waals surface area contributed by atoms with Crippen LogP contribution in [0.1, 0.15) is 48.7 Å². The monoisotopic (exact) mass is 326 g/mol. The molecule has 0 spiro atoms. The highest BCUT2D eigenvalue weighted by atomic mass is 16.1. The zero-order chi connectivity index (χ0) is 17.0. The molecule has 0 aliphatic heterocycles. The number of hydrogen-bond donors (Lipinski definition) is 2. The van der Waals surface area contributed by atoms with Crippen LogP contribution in [0.15, 0.2) is 42.5 Å². The summed E-state index contributed by atoms with van der Waals surface area (Å²) in [7, 11) is 0. The number of amides is 1. The predicted octanol–water partition coefficient (Wildman–Crippen LogP) is 3.44. The van der Waals surface area contributed by atoms with Crippen molar-refractivity contribution in [3.8, 4) is 0 Å². The molecular weight excluding hydrogens is 300 g/mol. The van der Waals surface area contributed by atoms with E-state index in [9.17, 15) is 4.79 Å². The Hall–Kier alpha value is -2.43. The summed E-state index contributed by atoms with van der Waals surface area (Å²) in [6.07, 6.45) is 5.31. The van der Waals surface area contributed by atoms with E-state index in [1.165, 1.54) is 5.56 Å². The number of carbonyl (C=O) groups excluding carboxylic acids is 1. The maximum Gasteiger partial charge on any atom is 0.271 e. The number of benzene rings is 1. The zero-order valence-electron chi connectivity index (χ0n) is 14.3. The Morgan fingerprint density at radius 1 is 0.958 bits per heavy atom. The fourth-order valence-electron chi connectivity index (χ4n) is 2.37. The normalized spacial score (nSPS) is 10.4. The number of rotatable bonds is 10. The third kappa shape index (κ3) is 6.36. The van der Waals surface area contributed by atoms with Crippen LogP contribution < -0.4 is 10.6 Å². The first kappa shape index (κ1) is 17.9. The van der Waals surface area contributed by atoms with E-state index in [1.54, 1.807) is 12.1 Å². The topological polar surface area (TPSA) is 66.9 Å². The van der Waals surface area contributed by atoms with Crippen LogP contribution in [0.25, 0.3) is 0 Å². The molecule has 0 saturated carbocycles. The maximum absolute atomic E-state index is 11.9. The van der Waals surface area contributed by atoms with Gasteiger partial charge in [0.25, 0.3) is 5.91 Å². The van der Waals surface area contributed by atoms with E-state index in [1.807, 2.05) is 6.07 Å². The van der Waals surface area contributed by atoms with Gasteiger partial charge in [-0.15, -0.1) is 10.2 Å². The third-order valence-corrected chi connectivity index (χ3v) is 3.75. The Balaban J connectivity index is 1.68. The number of hydrogen-bond acceptors (Lipinski definition) is 4. The van der Waals surface area contributed by atoms with Crippen molar-refractivity contribution in [1.29, 1.82) is 0 Å². The molecule has 1 amide bonds. The number of aromatic nitrogens is 2. The summed E-state index contributed by atoms with van der Waals surface area (Å²) in [5.74, 6) is 0.542. The fourth-order valence-corrected chi connectivity index (χ4v) is 2.37. The molecule has 1 aromatic heterocycles. The summed E-state index contributed by atoms with van der Waals surface area (Å²) in [5, 5.41) is 14.2. The fraction of sp³-hybridized carbons (Fsp3) is 0.421. The van der Waals surface area contributed by atoms with Gasteiger partial charge >= 0.3 is 0 Å². The highest BCUT2D eigenvalue weighted by Crippen LogP contribution is 2.05. The van der Waals surface area contributed by atoms with Crippen LogP contribution >= 0.6 is 0 Å². The van der Waals surface area contributed by atoms with E-state index in [4.69, 9.17) is 0 Å². The molecule has 24 heavy (non-hydrogen) atoms. The van der Waals surface area contributed by atoms with Crippen molar-refractivity contribution in [2.75, 3.05) is 18.4 Å². The summed E-state index contributed by atoms with van der Waals surface area (Å²) in [5.41, 5.74) is 1.70. The molecule has 0 radical (unpaired) electrons. The van der Waals surface area contributed by atoms with Crippen LogP contribution in [0.4, 0.5) is 5.82 Å². The Kier molecular flexibility index (Phi) is 7.74. The van der Waals surface area contributed by atoms with Crippen molar-refractivity contribution in [2.24, 2.45) is 0 Å². The predicted molar refractivity (Wildman–Crippen MR) is 97.1 cm³/mol. The van der Waals surface area contributed by atoms with E-state index >= 15 is 0 Å². The van der Waals surface area contributed by atoms with E-state index in [0.29, 0.717) is 18.1 Å². The Labute approximate surface area is 143 Å². The maximum atomic E-state index is 11.9. The van der Waals surface area contributed by atoms with Gasteiger partial charge in [-0.2, -0.15) is 0 Å². The second kappa shape index (κ2) is 10.4. The minimum atomic E-state index is -0.158. The number of aryl methyl sites for hydroxylation is 1. The van der Waals surface area contributed by atoms with Crippen LogP contribution in [0.3, 0.4) is 0 Å². The van der Waals surface area contributed by atoms with E-state index < -0.39 is 0 Å². The number of unbranched alkanes of at least 4 members (excludes halogenated alkanes) is 2. The Morgan fingerprint density at radius 3 is 2.50 bits per heavy atom. The molecule has 2 rings (SSSR count). The molecule has 0 saturated heterocycles. The van der Waals surface area contributed by atoms with Gasteiger partial charge < -0.3 is 10.6 Å². The van der Waals surface area contributed by atoms with E-state index in [0.717, 1.165) is 38.6 Å². The van der Waals surface area contributed by atoms with Crippen molar-refractivity contribution in [3.63, 3.8) is 0 Å². The number of carbonyl (C=O) groups is 1. The van der Waals surface area contributed by atoms with E-state index in [2.05, 4.69) is 52.0 Å². The molecule has 0 atom stereocenters. The third-order valence-electron chi connectivity index (χ3n) is 3.75. The van der Waals surface area contributed by atoms with Crippen molar-refractivity contribution >= 4 is 11.7 Å². The number of nitrogens with zero attached hydrogens (tertiary/aromatic N) is 2. The van der Waals surface area contributed by atoms with Gasteiger partial charge in [-0.1, -0.05) is 50.1 Å². The minimum Gasteiger partial charge on any atom is -0.369 e. The minimum absolute atomic E-state index is 0.158. The van der Waals surface area contributed by atoms with Crippen molar-refractivity contribution in [2.45, 2.75) is 39.0 Å². The smallest absolute Gasteiger partial charge is 0.271 e. The van der Waals surface area contributed by atoms with Gasteiger partial charge in [0.15, 0.2) is 5.69 Å². The summed E-state index contributed by atoms with van der Waals surface area (Å²) < 4.78 is 0. The van der Waals surface area contributed by atoms with Crippen LogP contribution in [-0.4, -0.2) is 29.2 Å². The highest BCUT2D eigenvalue weighted by Gasteiger charge is 2.07. The first-order valence-corrected chi connectivity index (χ1v) is 8.69. The summed E-state index contributed by atoms with van der Waals surface area (Å²) in [6, 6.07) is 13.9. The highest BCUT2D eigenvalue weighted by molar-refractivity contribution is 5.92. The molecular formula is C19H26N4O. The molecule has 0 aliphatic rings. The molecule has 5 nitrogen and oxygen atoms in total. The second-order valence-corrected chi connectivity index (χ2v) is 5.78.